The maximum absolute atomic E-state index is 13.5. The van der Waals surface area contributed by atoms with Crippen LogP contribution in [0.25, 0.3) is 22.5 Å². The summed E-state index contributed by atoms with van der Waals surface area (Å²) in [5.74, 6) is 0.878. The molecule has 1 aliphatic heterocycles. The predicted octanol–water partition coefficient (Wildman–Crippen LogP) is 4.65. The first kappa shape index (κ1) is 15.9. The van der Waals surface area contributed by atoms with Gasteiger partial charge >= 0.3 is 6.18 Å². The highest BCUT2D eigenvalue weighted by Crippen LogP contribution is 2.43. The molecule has 25 heavy (non-hydrogen) atoms. The van der Waals surface area contributed by atoms with E-state index in [1.807, 2.05) is 0 Å². The SMILES string of the molecule is FC(F)(F)c1[nH]nc(-c2cccc(Br)n2)c1-c1ccc2c(c1)OCO2. The maximum atomic E-state index is 13.5. The molecule has 0 atom stereocenters. The Labute approximate surface area is 147 Å². The van der Waals surface area contributed by atoms with E-state index in [4.69, 9.17) is 9.47 Å². The Morgan fingerprint density at radius 3 is 2.64 bits per heavy atom. The monoisotopic (exact) mass is 411 g/mol. The Hall–Kier alpha value is -2.55. The van der Waals surface area contributed by atoms with Crippen LogP contribution in [0.1, 0.15) is 5.69 Å². The van der Waals surface area contributed by atoms with Crippen molar-refractivity contribution >= 4 is 15.9 Å². The lowest BCUT2D eigenvalue weighted by atomic mass is 10.0. The topological polar surface area (TPSA) is 60.0 Å². The van der Waals surface area contributed by atoms with Crippen molar-refractivity contribution in [1.29, 1.82) is 0 Å². The summed E-state index contributed by atoms with van der Waals surface area (Å²) < 4.78 is 51.4. The third-order valence-electron chi connectivity index (χ3n) is 3.67. The van der Waals surface area contributed by atoms with Crippen molar-refractivity contribution in [3.05, 3.63) is 46.7 Å². The van der Waals surface area contributed by atoms with Crippen molar-refractivity contribution in [2.24, 2.45) is 0 Å². The minimum absolute atomic E-state index is 0.0380. The number of aromatic amines is 1. The largest absolute Gasteiger partial charge is 0.454 e. The molecule has 1 aromatic carbocycles. The average Bonchev–Trinajstić information content (AvgIpc) is 3.20. The van der Waals surface area contributed by atoms with Gasteiger partial charge in [0.05, 0.1) is 5.69 Å². The van der Waals surface area contributed by atoms with E-state index in [-0.39, 0.29) is 18.1 Å². The molecule has 9 heteroatoms. The predicted molar refractivity (Wildman–Crippen MR) is 86.1 cm³/mol. The van der Waals surface area contributed by atoms with E-state index in [2.05, 4.69) is 31.1 Å². The van der Waals surface area contributed by atoms with Gasteiger partial charge < -0.3 is 9.47 Å². The molecular formula is C16H9BrF3N3O2. The quantitative estimate of drug-likeness (QED) is 0.623. The Kier molecular flexibility index (Phi) is 3.68. The lowest BCUT2D eigenvalue weighted by molar-refractivity contribution is -0.140. The van der Waals surface area contributed by atoms with Crippen LogP contribution in [0.2, 0.25) is 0 Å². The molecule has 4 rings (SSSR count). The summed E-state index contributed by atoms with van der Waals surface area (Å²) >= 11 is 3.22. The van der Waals surface area contributed by atoms with Gasteiger partial charge in [-0.3, -0.25) is 5.10 Å². The summed E-state index contributed by atoms with van der Waals surface area (Å²) in [4.78, 5) is 4.21. The third-order valence-corrected chi connectivity index (χ3v) is 4.11. The van der Waals surface area contributed by atoms with Gasteiger partial charge in [0.15, 0.2) is 11.5 Å². The van der Waals surface area contributed by atoms with Gasteiger partial charge in [-0.1, -0.05) is 12.1 Å². The molecule has 2 aromatic heterocycles. The highest BCUT2D eigenvalue weighted by molar-refractivity contribution is 9.10. The van der Waals surface area contributed by atoms with Crippen molar-refractivity contribution < 1.29 is 22.6 Å². The Morgan fingerprint density at radius 2 is 1.88 bits per heavy atom. The molecule has 128 valence electrons. The third kappa shape index (κ3) is 2.84. The second-order valence-corrected chi connectivity index (χ2v) is 6.05. The number of hydrogen-bond donors (Lipinski definition) is 1. The molecule has 0 fully saturated rings. The molecule has 1 N–H and O–H groups in total. The molecule has 0 unspecified atom stereocenters. The first-order valence-corrected chi connectivity index (χ1v) is 7.91. The molecule has 3 heterocycles. The normalized spacial score (nSPS) is 13.3. The lowest BCUT2D eigenvalue weighted by Gasteiger charge is -2.10. The second kappa shape index (κ2) is 5.76. The molecule has 5 nitrogen and oxygen atoms in total. The fraction of sp³-hybridized carbons (Fsp3) is 0.125. The van der Waals surface area contributed by atoms with Gasteiger partial charge in [-0.2, -0.15) is 18.3 Å². The minimum Gasteiger partial charge on any atom is -0.454 e. The summed E-state index contributed by atoms with van der Waals surface area (Å²) in [6.07, 6.45) is -4.59. The van der Waals surface area contributed by atoms with Gasteiger partial charge in [0, 0.05) is 5.56 Å². The molecule has 0 saturated heterocycles. The van der Waals surface area contributed by atoms with Crippen molar-refractivity contribution in [2.45, 2.75) is 6.18 Å². The Bertz CT molecular complexity index is 956. The highest BCUT2D eigenvalue weighted by atomic mass is 79.9. The van der Waals surface area contributed by atoms with Crippen molar-refractivity contribution in [3.63, 3.8) is 0 Å². The van der Waals surface area contributed by atoms with Crippen LogP contribution >= 0.6 is 15.9 Å². The van der Waals surface area contributed by atoms with Crippen LogP contribution in [0.15, 0.2) is 41.0 Å². The van der Waals surface area contributed by atoms with Gasteiger partial charge in [-0.25, -0.2) is 4.98 Å². The van der Waals surface area contributed by atoms with Crippen LogP contribution in [0.5, 0.6) is 11.5 Å². The fourth-order valence-electron chi connectivity index (χ4n) is 2.61. The number of nitrogens with one attached hydrogen (secondary N) is 1. The summed E-state index contributed by atoms with van der Waals surface area (Å²) in [5, 5.41) is 5.96. The van der Waals surface area contributed by atoms with Crippen LogP contribution in [-0.2, 0) is 6.18 Å². The zero-order chi connectivity index (χ0) is 17.6. The van der Waals surface area contributed by atoms with Crippen LogP contribution in [0, 0.1) is 0 Å². The minimum atomic E-state index is -4.59. The summed E-state index contributed by atoms with van der Waals surface area (Å²) in [6, 6.07) is 9.57. The number of alkyl halides is 3. The second-order valence-electron chi connectivity index (χ2n) is 5.23. The zero-order valence-corrected chi connectivity index (χ0v) is 14.0. The van der Waals surface area contributed by atoms with Gasteiger partial charge in [-0.15, -0.1) is 0 Å². The van der Waals surface area contributed by atoms with Crippen LogP contribution < -0.4 is 9.47 Å². The van der Waals surface area contributed by atoms with E-state index in [0.29, 0.717) is 27.4 Å². The lowest BCUT2D eigenvalue weighted by Crippen LogP contribution is -2.07. The molecule has 3 aromatic rings. The number of hydrogen-bond acceptors (Lipinski definition) is 4. The average molecular weight is 412 g/mol. The van der Waals surface area contributed by atoms with Gasteiger partial charge in [0.2, 0.25) is 6.79 Å². The van der Waals surface area contributed by atoms with E-state index >= 15 is 0 Å². The maximum Gasteiger partial charge on any atom is 0.433 e. The zero-order valence-electron chi connectivity index (χ0n) is 12.4. The molecule has 0 radical (unpaired) electrons. The van der Waals surface area contributed by atoms with Gasteiger partial charge in [0.1, 0.15) is 16.0 Å². The van der Waals surface area contributed by atoms with Crippen molar-refractivity contribution in [1.82, 2.24) is 15.2 Å². The fourth-order valence-corrected chi connectivity index (χ4v) is 2.95. The number of aromatic nitrogens is 3. The number of fused-ring (bicyclic) bond motifs is 1. The van der Waals surface area contributed by atoms with Crippen LogP contribution in [0.4, 0.5) is 13.2 Å². The molecule has 0 saturated carbocycles. The standard InChI is InChI=1S/C16H9BrF3N3O2/c17-12-3-1-2-9(21-12)14-13(15(23-22-14)16(18,19)20)8-4-5-10-11(6-8)25-7-24-10/h1-6H,7H2,(H,22,23). The first-order valence-electron chi connectivity index (χ1n) is 7.12. The highest BCUT2D eigenvalue weighted by Gasteiger charge is 2.38. The summed E-state index contributed by atoms with van der Waals surface area (Å²) in [6.45, 7) is 0.0380. The number of pyridine rings is 1. The smallest absolute Gasteiger partial charge is 0.433 e. The van der Waals surface area contributed by atoms with E-state index in [1.165, 1.54) is 12.1 Å². The number of rotatable bonds is 2. The van der Waals surface area contributed by atoms with Gasteiger partial charge in [0.25, 0.3) is 0 Å². The van der Waals surface area contributed by atoms with Crippen molar-refractivity contribution in [2.75, 3.05) is 6.79 Å². The molecule has 0 spiro atoms. The molecule has 0 bridgehead atoms. The summed E-state index contributed by atoms with van der Waals surface area (Å²) in [7, 11) is 0. The first-order chi connectivity index (χ1) is 11.9. The molecular weight excluding hydrogens is 403 g/mol. The van der Waals surface area contributed by atoms with Crippen LogP contribution in [-0.4, -0.2) is 22.0 Å². The van der Waals surface area contributed by atoms with E-state index in [0.717, 1.165) is 0 Å². The Balaban J connectivity index is 1.94. The van der Waals surface area contributed by atoms with E-state index in [1.54, 1.807) is 24.3 Å². The molecule has 0 amide bonds. The molecule has 0 aliphatic carbocycles. The number of halogens is 4. The van der Waals surface area contributed by atoms with E-state index in [9.17, 15) is 13.2 Å². The van der Waals surface area contributed by atoms with Crippen molar-refractivity contribution in [3.8, 4) is 34.0 Å². The summed E-state index contributed by atoms with van der Waals surface area (Å²) in [5.41, 5.74) is -0.303. The number of nitrogens with zero attached hydrogens (tertiary/aromatic N) is 2. The van der Waals surface area contributed by atoms with Gasteiger partial charge in [-0.05, 0) is 45.8 Å². The number of benzene rings is 1. The molecule has 1 aliphatic rings. The number of ether oxygens (including phenoxy) is 2. The van der Waals surface area contributed by atoms with Crippen LogP contribution in [0.3, 0.4) is 0 Å². The Morgan fingerprint density at radius 1 is 1.08 bits per heavy atom. The van der Waals surface area contributed by atoms with E-state index < -0.39 is 11.9 Å². The number of H-pyrrole nitrogens is 1.